The third kappa shape index (κ3) is 3.28. The molecular weight excluding hydrogens is 332 g/mol. The summed E-state index contributed by atoms with van der Waals surface area (Å²) in [6.45, 7) is 0. The molecule has 0 saturated heterocycles. The molecule has 1 aromatic carbocycles. The smallest absolute Gasteiger partial charge is 0.283 e. The summed E-state index contributed by atoms with van der Waals surface area (Å²) in [5.41, 5.74) is 0.476. The van der Waals surface area contributed by atoms with Gasteiger partial charge in [0, 0.05) is 11.8 Å². The number of nitrogens with zero attached hydrogens (tertiary/aromatic N) is 1. The van der Waals surface area contributed by atoms with Crippen molar-refractivity contribution in [1.82, 2.24) is 0 Å². The van der Waals surface area contributed by atoms with Crippen molar-refractivity contribution < 1.29 is 9.72 Å². The van der Waals surface area contributed by atoms with Gasteiger partial charge in [0.25, 0.3) is 5.69 Å². The molecule has 0 heterocycles. The number of nitrogens with one attached hydrogen (secondary N) is 1. The Balaban J connectivity index is 2.91. The van der Waals surface area contributed by atoms with E-state index in [1.165, 1.54) is 18.2 Å². The summed E-state index contributed by atoms with van der Waals surface area (Å²) in [5, 5.41) is 13.2. The van der Waals surface area contributed by atoms with E-state index in [9.17, 15) is 14.9 Å². The van der Waals surface area contributed by atoms with E-state index in [1.807, 2.05) is 0 Å². The first kappa shape index (κ1) is 12.1. The number of nitro groups is 1. The molecule has 1 aromatic rings. The van der Waals surface area contributed by atoms with Crippen molar-refractivity contribution in [2.45, 2.75) is 0 Å². The Hall–Kier alpha value is -0.950. The molecule has 80 valence electrons. The lowest BCUT2D eigenvalue weighted by Gasteiger charge is -2.03. The van der Waals surface area contributed by atoms with Crippen molar-refractivity contribution in [2.24, 2.45) is 0 Å². The van der Waals surface area contributed by atoms with Gasteiger partial charge in [-0.15, -0.1) is 0 Å². The molecule has 5 nitrogen and oxygen atoms in total. The monoisotopic (exact) mass is 336 g/mol. The van der Waals surface area contributed by atoms with Gasteiger partial charge in [0.15, 0.2) is 0 Å². The molecule has 1 amide bonds. The first-order chi connectivity index (χ1) is 7.04. The number of benzene rings is 1. The maximum absolute atomic E-state index is 11.0. The van der Waals surface area contributed by atoms with Crippen molar-refractivity contribution >= 4 is 49.1 Å². The summed E-state index contributed by atoms with van der Waals surface area (Å²) in [6.07, 6.45) is 0. The average Bonchev–Trinajstić information content (AvgIpc) is 2.17. The van der Waals surface area contributed by atoms with Gasteiger partial charge in [-0.2, -0.15) is 0 Å². The lowest BCUT2D eigenvalue weighted by Crippen LogP contribution is -2.12. The first-order valence-electron chi connectivity index (χ1n) is 3.84. The van der Waals surface area contributed by atoms with Crippen molar-refractivity contribution in [3.63, 3.8) is 0 Å². The van der Waals surface area contributed by atoms with Gasteiger partial charge in [-0.05, 0) is 28.1 Å². The zero-order chi connectivity index (χ0) is 11.4. The van der Waals surface area contributed by atoms with Crippen LogP contribution in [0.2, 0.25) is 0 Å². The molecule has 0 aliphatic carbocycles. The largest absolute Gasteiger partial charge is 0.325 e. The fraction of sp³-hybridized carbons (Fsp3) is 0.125. The van der Waals surface area contributed by atoms with Crippen LogP contribution >= 0.6 is 31.9 Å². The molecule has 0 atom stereocenters. The highest BCUT2D eigenvalue weighted by atomic mass is 79.9. The van der Waals surface area contributed by atoms with Gasteiger partial charge in [-0.1, -0.05) is 15.9 Å². The minimum absolute atomic E-state index is 0.0353. The van der Waals surface area contributed by atoms with Gasteiger partial charge in [0.05, 0.1) is 14.7 Å². The quantitative estimate of drug-likeness (QED) is 0.523. The highest BCUT2D eigenvalue weighted by Crippen LogP contribution is 2.27. The van der Waals surface area contributed by atoms with Crippen LogP contribution in [0.1, 0.15) is 0 Å². The van der Waals surface area contributed by atoms with Crippen LogP contribution < -0.4 is 5.32 Å². The van der Waals surface area contributed by atoms with Crippen molar-refractivity contribution in [2.75, 3.05) is 10.6 Å². The number of hydrogen-bond acceptors (Lipinski definition) is 3. The van der Waals surface area contributed by atoms with E-state index >= 15 is 0 Å². The third-order valence-electron chi connectivity index (χ3n) is 1.55. The molecule has 0 saturated carbocycles. The second kappa shape index (κ2) is 5.22. The lowest BCUT2D eigenvalue weighted by atomic mass is 10.3. The molecule has 1 N–H and O–H groups in total. The number of nitro benzene ring substituents is 1. The summed E-state index contributed by atoms with van der Waals surface area (Å²) < 4.78 is 0.333. The Morgan fingerprint density at radius 2 is 2.20 bits per heavy atom. The van der Waals surface area contributed by atoms with Crippen LogP contribution in [0, 0.1) is 10.1 Å². The van der Waals surface area contributed by atoms with Crippen molar-refractivity contribution in [1.29, 1.82) is 0 Å². The maximum atomic E-state index is 11.0. The van der Waals surface area contributed by atoms with Crippen molar-refractivity contribution in [3.05, 3.63) is 32.8 Å². The molecule has 0 fully saturated rings. The van der Waals surface area contributed by atoms with Gasteiger partial charge in [0.2, 0.25) is 5.91 Å². The Morgan fingerprint density at radius 3 is 2.67 bits per heavy atom. The highest BCUT2D eigenvalue weighted by Gasteiger charge is 2.12. The fourth-order valence-corrected chi connectivity index (χ4v) is 1.59. The number of alkyl halides is 1. The van der Waals surface area contributed by atoms with E-state index in [2.05, 4.69) is 37.2 Å². The molecule has 0 aliphatic heterocycles. The molecule has 0 aliphatic rings. The van der Waals surface area contributed by atoms with Gasteiger partial charge < -0.3 is 5.32 Å². The first-order valence-corrected chi connectivity index (χ1v) is 5.76. The maximum Gasteiger partial charge on any atom is 0.283 e. The molecule has 7 heteroatoms. The summed E-state index contributed by atoms with van der Waals surface area (Å²) in [6, 6.07) is 4.29. The second-order valence-electron chi connectivity index (χ2n) is 2.61. The van der Waals surface area contributed by atoms with E-state index in [0.29, 0.717) is 10.2 Å². The van der Waals surface area contributed by atoms with Gasteiger partial charge in [-0.3, -0.25) is 14.9 Å². The Kier molecular flexibility index (Phi) is 4.22. The number of anilines is 1. The van der Waals surface area contributed by atoms with Crippen LogP contribution in [0.5, 0.6) is 0 Å². The standard InChI is InChI=1S/C8H6Br2N2O3/c9-4-8(13)11-5-1-2-7(12(14)15)6(10)3-5/h1-3H,4H2,(H,11,13). The van der Waals surface area contributed by atoms with Gasteiger partial charge in [0.1, 0.15) is 0 Å². The molecular formula is C8H6Br2N2O3. The van der Waals surface area contributed by atoms with Crippen LogP contribution in [0.4, 0.5) is 11.4 Å². The van der Waals surface area contributed by atoms with E-state index in [0.717, 1.165) is 0 Å². The SMILES string of the molecule is O=C(CBr)Nc1ccc([N+](=O)[O-])c(Br)c1. The number of carbonyl (C=O) groups is 1. The fourth-order valence-electron chi connectivity index (χ4n) is 0.927. The normalized spacial score (nSPS) is 9.73. The molecule has 0 bridgehead atoms. The Bertz CT molecular complexity index is 409. The Labute approximate surface area is 102 Å². The van der Waals surface area contributed by atoms with Gasteiger partial charge >= 0.3 is 0 Å². The van der Waals surface area contributed by atoms with Crippen LogP contribution in [0.3, 0.4) is 0 Å². The lowest BCUT2D eigenvalue weighted by molar-refractivity contribution is -0.385. The summed E-state index contributed by atoms with van der Waals surface area (Å²) in [5.74, 6) is -0.212. The summed E-state index contributed by atoms with van der Waals surface area (Å²) in [4.78, 5) is 21.0. The summed E-state index contributed by atoms with van der Waals surface area (Å²) in [7, 11) is 0. The number of amides is 1. The zero-order valence-electron chi connectivity index (χ0n) is 7.37. The minimum Gasteiger partial charge on any atom is -0.325 e. The Morgan fingerprint density at radius 1 is 1.53 bits per heavy atom. The molecule has 0 radical (unpaired) electrons. The van der Waals surface area contributed by atoms with E-state index in [-0.39, 0.29) is 16.9 Å². The molecule has 0 unspecified atom stereocenters. The van der Waals surface area contributed by atoms with Crippen LogP contribution in [-0.2, 0) is 4.79 Å². The topological polar surface area (TPSA) is 72.2 Å². The molecule has 0 aromatic heterocycles. The summed E-state index contributed by atoms with van der Waals surface area (Å²) >= 11 is 6.05. The van der Waals surface area contributed by atoms with Crippen molar-refractivity contribution in [3.8, 4) is 0 Å². The van der Waals surface area contributed by atoms with Crippen LogP contribution in [0.15, 0.2) is 22.7 Å². The number of carbonyl (C=O) groups excluding carboxylic acids is 1. The average molecular weight is 338 g/mol. The second-order valence-corrected chi connectivity index (χ2v) is 4.02. The van der Waals surface area contributed by atoms with Crippen LogP contribution in [0.25, 0.3) is 0 Å². The van der Waals surface area contributed by atoms with E-state index in [4.69, 9.17) is 0 Å². The van der Waals surface area contributed by atoms with E-state index in [1.54, 1.807) is 0 Å². The number of hydrogen-bond donors (Lipinski definition) is 1. The predicted molar refractivity (Wildman–Crippen MR) is 63.2 cm³/mol. The van der Waals surface area contributed by atoms with Gasteiger partial charge in [-0.25, -0.2) is 0 Å². The number of halogens is 2. The molecule has 1 rings (SSSR count). The van der Waals surface area contributed by atoms with Crippen LogP contribution in [-0.4, -0.2) is 16.2 Å². The van der Waals surface area contributed by atoms with E-state index < -0.39 is 4.92 Å². The molecule has 0 spiro atoms. The zero-order valence-corrected chi connectivity index (χ0v) is 10.5. The number of rotatable bonds is 3. The third-order valence-corrected chi connectivity index (χ3v) is 2.69. The minimum atomic E-state index is -0.500. The predicted octanol–water partition coefficient (Wildman–Crippen LogP) is 2.69. The highest BCUT2D eigenvalue weighted by molar-refractivity contribution is 9.10. The molecule has 15 heavy (non-hydrogen) atoms.